The summed E-state index contributed by atoms with van der Waals surface area (Å²) < 4.78 is 1.82. The molecule has 4 heterocycles. The van der Waals surface area contributed by atoms with E-state index in [0.29, 0.717) is 69.2 Å². The molecule has 0 bridgehead atoms. The van der Waals surface area contributed by atoms with Crippen molar-refractivity contribution in [2.24, 2.45) is 5.92 Å². The first-order valence-electron chi connectivity index (χ1n) is 15.2. The first-order valence-corrected chi connectivity index (χ1v) is 15.6. The molecule has 2 fully saturated rings. The summed E-state index contributed by atoms with van der Waals surface area (Å²) in [7, 11) is 0. The molecular weight excluding hydrogens is 578 g/mol. The van der Waals surface area contributed by atoms with Crippen LogP contribution in [0.2, 0.25) is 5.02 Å². The minimum atomic E-state index is -0.525. The molecule has 2 saturated heterocycles. The molecule has 2 amide bonds. The van der Waals surface area contributed by atoms with Gasteiger partial charge < -0.3 is 25.4 Å². The molecule has 4 aromatic rings. The topological polar surface area (TPSA) is 121 Å². The number of fused-ring (bicyclic) bond motifs is 1. The largest absolute Gasteiger partial charge is 0.397 e. The monoisotopic (exact) mass is 615 g/mol. The Morgan fingerprint density at radius 2 is 1.70 bits per heavy atom. The molecule has 1 atom stereocenters. The highest BCUT2D eigenvalue weighted by Crippen LogP contribution is 2.29. The lowest BCUT2D eigenvalue weighted by Gasteiger charge is -2.38. The second-order valence-electron chi connectivity index (χ2n) is 11.9. The number of carbonyl (C=O) groups excluding carboxylic acids is 2. The minimum absolute atomic E-state index is 0.0108. The van der Waals surface area contributed by atoms with Gasteiger partial charge in [0.15, 0.2) is 0 Å². The third-order valence-electron chi connectivity index (χ3n) is 9.07. The number of aromatic amines is 1. The predicted molar refractivity (Wildman–Crippen MR) is 173 cm³/mol. The number of likely N-dealkylation sites (tertiary alicyclic amines) is 1. The van der Waals surface area contributed by atoms with Crippen LogP contribution in [-0.2, 0) is 16.0 Å². The number of rotatable bonds is 7. The molecule has 2 aliphatic heterocycles. The fourth-order valence-electron chi connectivity index (χ4n) is 6.62. The summed E-state index contributed by atoms with van der Waals surface area (Å²) >= 11 is 6.40. The maximum absolute atomic E-state index is 14.0. The molecule has 2 aliphatic rings. The third-order valence-corrected chi connectivity index (χ3v) is 9.39. The highest BCUT2D eigenvalue weighted by atomic mass is 35.5. The van der Waals surface area contributed by atoms with Crippen LogP contribution < -0.4 is 16.3 Å². The van der Waals surface area contributed by atoms with Crippen molar-refractivity contribution >= 4 is 45.8 Å². The number of halogens is 1. The summed E-state index contributed by atoms with van der Waals surface area (Å²) in [6.45, 7) is 5.56. The number of aryl methyl sites for hydroxylation is 1. The summed E-state index contributed by atoms with van der Waals surface area (Å²) in [6.07, 6.45) is 5.41. The number of imidazole rings is 1. The number of nitrogens with zero attached hydrogens (tertiary/aromatic N) is 5. The number of anilines is 2. The number of piperazine rings is 1. The fourth-order valence-corrected chi connectivity index (χ4v) is 6.91. The van der Waals surface area contributed by atoms with E-state index in [1.165, 1.54) is 0 Å². The van der Waals surface area contributed by atoms with E-state index < -0.39 is 5.92 Å². The molecule has 2 aromatic carbocycles. The van der Waals surface area contributed by atoms with Crippen LogP contribution in [0.25, 0.3) is 11.0 Å². The molecule has 0 saturated carbocycles. The van der Waals surface area contributed by atoms with Crippen molar-refractivity contribution in [3.8, 4) is 0 Å². The van der Waals surface area contributed by atoms with Gasteiger partial charge in [0.25, 0.3) is 0 Å². The van der Waals surface area contributed by atoms with Gasteiger partial charge in [-0.15, -0.1) is 0 Å². The van der Waals surface area contributed by atoms with E-state index in [9.17, 15) is 14.4 Å². The average molecular weight is 616 g/mol. The third kappa shape index (κ3) is 6.17. The highest BCUT2D eigenvalue weighted by molar-refractivity contribution is 6.33. The van der Waals surface area contributed by atoms with Gasteiger partial charge in [0, 0.05) is 69.8 Å². The zero-order chi connectivity index (χ0) is 30.8. The van der Waals surface area contributed by atoms with Crippen molar-refractivity contribution < 1.29 is 9.59 Å². The SMILES string of the molecule is Cc1cc(C[C@@H](CC(=O)N2CCC(n3c(=O)[nH]c4ccccc43)CC2)C(=O)N2CCN(c3ccncc3)CC2)cc(Cl)c1N. The number of nitrogen functional groups attached to an aromatic ring is 1. The molecule has 11 heteroatoms. The second kappa shape index (κ2) is 12.7. The van der Waals surface area contributed by atoms with Crippen LogP contribution >= 0.6 is 11.6 Å². The van der Waals surface area contributed by atoms with E-state index >= 15 is 0 Å². The maximum Gasteiger partial charge on any atom is 0.326 e. The molecule has 0 spiro atoms. The first-order chi connectivity index (χ1) is 21.3. The Bertz CT molecular complexity index is 1680. The van der Waals surface area contributed by atoms with Gasteiger partial charge in [-0.05, 0) is 67.6 Å². The average Bonchev–Trinajstić information content (AvgIpc) is 3.39. The van der Waals surface area contributed by atoms with E-state index in [4.69, 9.17) is 17.3 Å². The zero-order valence-corrected chi connectivity index (χ0v) is 25.7. The van der Waals surface area contributed by atoms with Gasteiger partial charge in [0.1, 0.15) is 0 Å². The van der Waals surface area contributed by atoms with Gasteiger partial charge >= 0.3 is 5.69 Å². The summed E-state index contributed by atoms with van der Waals surface area (Å²) in [5.74, 6) is -0.580. The number of nitrogens with two attached hydrogens (primary N) is 1. The molecule has 230 valence electrons. The van der Waals surface area contributed by atoms with E-state index in [0.717, 1.165) is 27.8 Å². The van der Waals surface area contributed by atoms with E-state index in [1.54, 1.807) is 18.5 Å². The molecule has 2 aromatic heterocycles. The Morgan fingerprint density at radius 3 is 2.41 bits per heavy atom. The molecule has 10 nitrogen and oxygen atoms in total. The number of nitrogens with one attached hydrogen (secondary N) is 1. The number of aromatic nitrogens is 3. The van der Waals surface area contributed by atoms with Gasteiger partial charge in [-0.2, -0.15) is 0 Å². The molecule has 3 N–H and O–H groups in total. The highest BCUT2D eigenvalue weighted by Gasteiger charge is 2.33. The van der Waals surface area contributed by atoms with Crippen molar-refractivity contribution in [3.05, 3.63) is 87.6 Å². The van der Waals surface area contributed by atoms with Crippen LogP contribution in [-0.4, -0.2) is 75.4 Å². The number of piperidine rings is 1. The molecule has 0 unspecified atom stereocenters. The van der Waals surface area contributed by atoms with Crippen LogP contribution in [0.4, 0.5) is 11.4 Å². The number of benzene rings is 2. The van der Waals surface area contributed by atoms with Gasteiger partial charge in [0.2, 0.25) is 11.8 Å². The molecule has 44 heavy (non-hydrogen) atoms. The van der Waals surface area contributed by atoms with Crippen LogP contribution in [0.3, 0.4) is 0 Å². The lowest BCUT2D eigenvalue weighted by Crippen LogP contribution is -2.51. The Labute approximate surface area is 261 Å². The lowest BCUT2D eigenvalue weighted by atomic mass is 9.92. The van der Waals surface area contributed by atoms with Crippen molar-refractivity contribution in [1.29, 1.82) is 0 Å². The van der Waals surface area contributed by atoms with Crippen molar-refractivity contribution in [2.45, 2.75) is 38.6 Å². The molecule has 6 rings (SSSR count). The van der Waals surface area contributed by atoms with Crippen molar-refractivity contribution in [3.63, 3.8) is 0 Å². The van der Waals surface area contributed by atoms with E-state index in [-0.39, 0.29) is 30.0 Å². The summed E-state index contributed by atoms with van der Waals surface area (Å²) in [5.41, 5.74) is 11.0. The number of hydrogen-bond donors (Lipinski definition) is 2. The molecule has 0 radical (unpaired) electrons. The van der Waals surface area contributed by atoms with E-state index in [2.05, 4.69) is 14.9 Å². The molecule has 0 aliphatic carbocycles. The summed E-state index contributed by atoms with van der Waals surface area (Å²) in [6, 6.07) is 15.4. The van der Waals surface area contributed by atoms with Gasteiger partial charge in [-0.25, -0.2) is 4.79 Å². The number of carbonyl (C=O) groups is 2. The normalized spacial score (nSPS) is 16.8. The fraction of sp³-hybridized carbons (Fsp3) is 0.394. The Morgan fingerprint density at radius 1 is 1.00 bits per heavy atom. The zero-order valence-electron chi connectivity index (χ0n) is 24.9. The smallest absolute Gasteiger partial charge is 0.326 e. The Balaban J connectivity index is 1.14. The van der Waals surface area contributed by atoms with Crippen LogP contribution in [0.1, 0.15) is 36.4 Å². The standard InChI is InChI=1S/C33H38ClN7O3/c1-22-18-23(20-27(34)31(22)35)19-24(32(43)40-16-14-38(15-17-40)25-6-10-36-11-7-25)21-30(42)39-12-8-26(9-13-39)41-29-5-3-2-4-28(29)37-33(41)44/h2-7,10-11,18,20,24,26H,8-9,12-17,19,21,35H2,1H3,(H,37,44)/t24-/m0/s1. The Kier molecular flexibility index (Phi) is 8.61. The van der Waals surface area contributed by atoms with Crippen molar-refractivity contribution in [1.82, 2.24) is 24.3 Å². The van der Waals surface area contributed by atoms with Crippen LogP contribution in [0, 0.1) is 12.8 Å². The Hall–Kier alpha value is -4.31. The quantitative estimate of drug-likeness (QED) is 0.303. The van der Waals surface area contributed by atoms with Crippen LogP contribution in [0.15, 0.2) is 65.7 Å². The first kappa shape index (κ1) is 29.7. The number of para-hydroxylation sites is 2. The van der Waals surface area contributed by atoms with Gasteiger partial charge in [-0.1, -0.05) is 29.8 Å². The lowest BCUT2D eigenvalue weighted by molar-refractivity contribution is -0.142. The number of amides is 2. The number of H-pyrrole nitrogens is 1. The summed E-state index contributed by atoms with van der Waals surface area (Å²) in [5, 5.41) is 0.457. The predicted octanol–water partition coefficient (Wildman–Crippen LogP) is 4.03. The molecular formula is C33H38ClN7O3. The maximum atomic E-state index is 14.0. The second-order valence-corrected chi connectivity index (χ2v) is 12.3. The van der Waals surface area contributed by atoms with Gasteiger partial charge in [0.05, 0.1) is 27.7 Å². The van der Waals surface area contributed by atoms with Gasteiger partial charge in [-0.3, -0.25) is 19.1 Å². The number of pyridine rings is 1. The number of hydrogen-bond acceptors (Lipinski definition) is 6. The van der Waals surface area contributed by atoms with Crippen LogP contribution in [0.5, 0.6) is 0 Å². The summed E-state index contributed by atoms with van der Waals surface area (Å²) in [4.78, 5) is 53.4. The van der Waals surface area contributed by atoms with E-state index in [1.807, 2.05) is 63.8 Å². The van der Waals surface area contributed by atoms with Crippen molar-refractivity contribution in [2.75, 3.05) is 49.9 Å². The minimum Gasteiger partial charge on any atom is -0.397 e.